The van der Waals surface area contributed by atoms with E-state index in [0.29, 0.717) is 12.1 Å². The fraction of sp³-hybridized carbons (Fsp3) is 0.938. The number of amides is 1. The normalized spacial score (nSPS) is 29.6. The van der Waals surface area contributed by atoms with Crippen LogP contribution in [0.2, 0.25) is 0 Å². The van der Waals surface area contributed by atoms with E-state index in [1.54, 1.807) is 0 Å². The summed E-state index contributed by atoms with van der Waals surface area (Å²) < 4.78 is 5.91. The lowest BCUT2D eigenvalue weighted by Gasteiger charge is -2.44. The molecule has 21 heavy (non-hydrogen) atoms. The van der Waals surface area contributed by atoms with Gasteiger partial charge in [-0.05, 0) is 45.7 Å². The zero-order chi connectivity index (χ0) is 15.3. The molecule has 2 rings (SSSR count). The molecule has 2 aliphatic rings. The molecule has 1 saturated carbocycles. The first-order valence-electron chi connectivity index (χ1n) is 8.47. The number of hydrogen-bond acceptors (Lipinski definition) is 4. The summed E-state index contributed by atoms with van der Waals surface area (Å²) in [7, 11) is 0. The number of fused-ring (bicyclic) bond motifs is 1. The lowest BCUT2D eigenvalue weighted by Crippen LogP contribution is -2.55. The van der Waals surface area contributed by atoms with Crippen LogP contribution in [0.1, 0.15) is 52.4 Å². The second kappa shape index (κ2) is 7.56. The summed E-state index contributed by atoms with van der Waals surface area (Å²) in [6, 6.07) is 0.589. The molecule has 1 aliphatic heterocycles. The van der Waals surface area contributed by atoms with Crippen molar-refractivity contribution in [2.75, 3.05) is 26.2 Å². The zero-order valence-electron chi connectivity index (χ0n) is 13.6. The van der Waals surface area contributed by atoms with Crippen LogP contribution in [0, 0.1) is 0 Å². The number of carbonyl (C=O) groups excluding carboxylic acids is 1. The monoisotopic (exact) mass is 297 g/mol. The van der Waals surface area contributed by atoms with Crippen molar-refractivity contribution in [3.8, 4) is 0 Å². The fourth-order valence-electron chi connectivity index (χ4n) is 3.78. The Bertz CT molecular complexity index is 348. The van der Waals surface area contributed by atoms with Gasteiger partial charge in [-0.25, -0.2) is 0 Å². The van der Waals surface area contributed by atoms with Crippen molar-refractivity contribution < 1.29 is 9.53 Å². The van der Waals surface area contributed by atoms with Gasteiger partial charge in [0, 0.05) is 12.6 Å². The number of hydrogen-bond donors (Lipinski definition) is 2. The number of primary amides is 1. The van der Waals surface area contributed by atoms with Gasteiger partial charge in [0.2, 0.25) is 5.91 Å². The molecule has 5 heteroatoms. The second-order valence-electron chi connectivity index (χ2n) is 6.63. The molecule has 3 unspecified atom stereocenters. The third kappa shape index (κ3) is 4.18. The highest BCUT2D eigenvalue weighted by Gasteiger charge is 2.35. The SMILES string of the molecule is CCNC(C)(CCCN1CCOC2CCCCC21)C(N)=O. The van der Waals surface area contributed by atoms with Gasteiger partial charge in [-0.1, -0.05) is 19.8 Å². The van der Waals surface area contributed by atoms with Crippen molar-refractivity contribution in [2.24, 2.45) is 5.73 Å². The molecular formula is C16H31N3O2. The lowest BCUT2D eigenvalue weighted by atomic mass is 9.89. The van der Waals surface area contributed by atoms with Gasteiger partial charge in [0.05, 0.1) is 18.2 Å². The third-order valence-electron chi connectivity index (χ3n) is 5.08. The molecule has 0 aromatic heterocycles. The van der Waals surface area contributed by atoms with Crippen LogP contribution in [0.3, 0.4) is 0 Å². The van der Waals surface area contributed by atoms with E-state index in [2.05, 4.69) is 10.2 Å². The first-order chi connectivity index (χ1) is 10.1. The maximum absolute atomic E-state index is 11.6. The molecule has 122 valence electrons. The molecule has 0 aromatic carbocycles. The largest absolute Gasteiger partial charge is 0.375 e. The maximum Gasteiger partial charge on any atom is 0.237 e. The average Bonchev–Trinajstić information content (AvgIpc) is 2.47. The molecular weight excluding hydrogens is 266 g/mol. The second-order valence-corrected chi connectivity index (χ2v) is 6.63. The number of ether oxygens (including phenoxy) is 1. The van der Waals surface area contributed by atoms with Crippen molar-refractivity contribution in [1.82, 2.24) is 10.2 Å². The predicted octanol–water partition coefficient (Wildman–Crippen LogP) is 1.26. The van der Waals surface area contributed by atoms with Crippen LogP contribution in [-0.2, 0) is 9.53 Å². The number of morpholine rings is 1. The van der Waals surface area contributed by atoms with Gasteiger partial charge in [0.25, 0.3) is 0 Å². The first-order valence-corrected chi connectivity index (χ1v) is 8.47. The lowest BCUT2D eigenvalue weighted by molar-refractivity contribution is -0.124. The molecule has 5 nitrogen and oxygen atoms in total. The first kappa shape index (κ1) is 16.7. The quantitative estimate of drug-likeness (QED) is 0.742. The topological polar surface area (TPSA) is 67.6 Å². The van der Waals surface area contributed by atoms with Gasteiger partial charge in [0.15, 0.2) is 0 Å². The van der Waals surface area contributed by atoms with Crippen LogP contribution in [-0.4, -0.2) is 54.7 Å². The van der Waals surface area contributed by atoms with Gasteiger partial charge in [0.1, 0.15) is 0 Å². The van der Waals surface area contributed by atoms with Crippen LogP contribution in [0.25, 0.3) is 0 Å². The Morgan fingerprint density at radius 2 is 2.19 bits per heavy atom. The highest BCUT2D eigenvalue weighted by molar-refractivity contribution is 5.84. The summed E-state index contributed by atoms with van der Waals surface area (Å²) in [4.78, 5) is 14.2. The van der Waals surface area contributed by atoms with Gasteiger partial charge < -0.3 is 15.8 Å². The van der Waals surface area contributed by atoms with Crippen molar-refractivity contribution in [1.29, 1.82) is 0 Å². The minimum atomic E-state index is -0.576. The van der Waals surface area contributed by atoms with E-state index in [4.69, 9.17) is 10.5 Å². The summed E-state index contributed by atoms with van der Waals surface area (Å²) in [5.74, 6) is -0.248. The number of likely N-dealkylation sites (N-methyl/N-ethyl adjacent to an activating group) is 1. The number of rotatable bonds is 7. The average molecular weight is 297 g/mol. The van der Waals surface area contributed by atoms with E-state index in [1.807, 2.05) is 13.8 Å². The number of carbonyl (C=O) groups is 1. The Morgan fingerprint density at radius 3 is 2.90 bits per heavy atom. The van der Waals surface area contributed by atoms with Crippen LogP contribution in [0.4, 0.5) is 0 Å². The Morgan fingerprint density at radius 1 is 1.43 bits per heavy atom. The summed E-state index contributed by atoms with van der Waals surface area (Å²) >= 11 is 0. The van der Waals surface area contributed by atoms with E-state index in [1.165, 1.54) is 25.7 Å². The maximum atomic E-state index is 11.6. The van der Waals surface area contributed by atoms with Crippen molar-refractivity contribution in [3.63, 3.8) is 0 Å². The Labute approximate surface area is 128 Å². The molecule has 1 amide bonds. The van der Waals surface area contributed by atoms with E-state index >= 15 is 0 Å². The minimum absolute atomic E-state index is 0.248. The van der Waals surface area contributed by atoms with Gasteiger partial charge in [-0.2, -0.15) is 0 Å². The van der Waals surface area contributed by atoms with Crippen molar-refractivity contribution >= 4 is 5.91 Å². The van der Waals surface area contributed by atoms with Gasteiger partial charge in [-0.15, -0.1) is 0 Å². The summed E-state index contributed by atoms with van der Waals surface area (Å²) in [6.45, 7) is 7.61. The predicted molar refractivity (Wildman–Crippen MR) is 84.1 cm³/mol. The molecule has 0 radical (unpaired) electrons. The Balaban J connectivity index is 1.82. The van der Waals surface area contributed by atoms with Crippen LogP contribution < -0.4 is 11.1 Å². The minimum Gasteiger partial charge on any atom is -0.375 e. The molecule has 1 saturated heterocycles. The zero-order valence-corrected chi connectivity index (χ0v) is 13.6. The molecule has 3 N–H and O–H groups in total. The summed E-state index contributed by atoms with van der Waals surface area (Å²) in [6.07, 6.45) is 7.30. The molecule has 1 heterocycles. The third-order valence-corrected chi connectivity index (χ3v) is 5.08. The van der Waals surface area contributed by atoms with E-state index in [0.717, 1.165) is 39.1 Å². The molecule has 0 spiro atoms. The molecule has 0 bridgehead atoms. The van der Waals surface area contributed by atoms with E-state index < -0.39 is 5.54 Å². The highest BCUT2D eigenvalue weighted by atomic mass is 16.5. The number of nitrogens with one attached hydrogen (secondary N) is 1. The van der Waals surface area contributed by atoms with Crippen LogP contribution in [0.15, 0.2) is 0 Å². The fourth-order valence-corrected chi connectivity index (χ4v) is 3.78. The van der Waals surface area contributed by atoms with E-state index in [9.17, 15) is 4.79 Å². The van der Waals surface area contributed by atoms with Crippen molar-refractivity contribution in [2.45, 2.75) is 70.1 Å². The molecule has 1 aliphatic carbocycles. The molecule has 0 aromatic rings. The summed E-state index contributed by atoms with van der Waals surface area (Å²) in [5.41, 5.74) is 4.97. The Hall–Kier alpha value is -0.650. The van der Waals surface area contributed by atoms with Crippen LogP contribution >= 0.6 is 0 Å². The smallest absolute Gasteiger partial charge is 0.237 e. The Kier molecular flexibility index (Phi) is 6.02. The summed E-state index contributed by atoms with van der Waals surface area (Å²) in [5, 5.41) is 3.23. The number of nitrogens with zero attached hydrogens (tertiary/aromatic N) is 1. The standard InChI is InChI=1S/C16H31N3O2/c1-3-18-16(2,15(17)20)9-6-10-19-11-12-21-14-8-5-4-7-13(14)19/h13-14,18H,3-12H2,1-2H3,(H2,17,20). The highest BCUT2D eigenvalue weighted by Crippen LogP contribution is 2.28. The molecule has 3 atom stereocenters. The number of nitrogens with two attached hydrogens (primary N) is 1. The van der Waals surface area contributed by atoms with E-state index in [-0.39, 0.29) is 5.91 Å². The van der Waals surface area contributed by atoms with Crippen molar-refractivity contribution in [3.05, 3.63) is 0 Å². The molecule has 2 fully saturated rings. The van der Waals surface area contributed by atoms with Crippen LogP contribution in [0.5, 0.6) is 0 Å². The van der Waals surface area contributed by atoms with Gasteiger partial charge in [-0.3, -0.25) is 9.69 Å². The van der Waals surface area contributed by atoms with Gasteiger partial charge >= 0.3 is 0 Å².